The van der Waals surface area contributed by atoms with Crippen molar-refractivity contribution in [1.29, 1.82) is 0 Å². The van der Waals surface area contributed by atoms with Gasteiger partial charge in [0.05, 0.1) is 12.2 Å². The van der Waals surface area contributed by atoms with E-state index < -0.39 is 0 Å². The molecule has 1 aliphatic heterocycles. The van der Waals surface area contributed by atoms with Gasteiger partial charge in [0, 0.05) is 43.4 Å². The van der Waals surface area contributed by atoms with E-state index in [2.05, 4.69) is 24.2 Å². The maximum absolute atomic E-state index is 13.1. The van der Waals surface area contributed by atoms with Gasteiger partial charge in [-0.2, -0.15) is 0 Å². The average molecular weight is 430 g/mol. The molecule has 0 spiro atoms. The Balaban J connectivity index is 1.65. The molecular weight excluding hydrogens is 398 g/mol. The molecule has 0 bridgehead atoms. The first kappa shape index (κ1) is 21.8. The van der Waals surface area contributed by atoms with Crippen molar-refractivity contribution in [3.63, 3.8) is 0 Å². The van der Waals surface area contributed by atoms with E-state index in [1.807, 2.05) is 67.3 Å². The van der Waals surface area contributed by atoms with Crippen LogP contribution in [0.15, 0.2) is 48.5 Å². The summed E-state index contributed by atoms with van der Waals surface area (Å²) in [5, 5.41) is 3.12. The van der Waals surface area contributed by atoms with Crippen LogP contribution in [0.25, 0.3) is 11.4 Å². The first-order valence-electron chi connectivity index (χ1n) is 11.3. The molecule has 1 aliphatic rings. The molecular formula is C26H31N5O. The van der Waals surface area contributed by atoms with Crippen LogP contribution in [0.5, 0.6) is 0 Å². The molecule has 2 heterocycles. The first-order chi connectivity index (χ1) is 15.5. The van der Waals surface area contributed by atoms with Crippen molar-refractivity contribution < 1.29 is 4.79 Å². The van der Waals surface area contributed by atoms with Crippen molar-refractivity contribution in [3.8, 4) is 11.4 Å². The van der Waals surface area contributed by atoms with Gasteiger partial charge < -0.3 is 15.1 Å². The molecule has 2 aromatic carbocycles. The predicted molar refractivity (Wildman–Crippen MR) is 130 cm³/mol. The fourth-order valence-electron chi connectivity index (χ4n) is 4.24. The Hall–Kier alpha value is -3.41. The number of fused-ring (bicyclic) bond motifs is 1. The molecule has 6 heteroatoms. The fraction of sp³-hybridized carbons (Fsp3) is 0.346. The number of aryl methyl sites for hydroxylation is 2. The van der Waals surface area contributed by atoms with Crippen molar-refractivity contribution >= 4 is 17.5 Å². The third kappa shape index (κ3) is 4.44. The predicted octanol–water partition coefficient (Wildman–Crippen LogP) is 5.20. The number of para-hydroxylation sites is 1. The lowest BCUT2D eigenvalue weighted by Gasteiger charge is -2.32. The topological polar surface area (TPSA) is 61.4 Å². The zero-order valence-electron chi connectivity index (χ0n) is 19.4. The molecule has 0 atom stereocenters. The Morgan fingerprint density at radius 1 is 1.06 bits per heavy atom. The lowest BCUT2D eigenvalue weighted by Crippen LogP contribution is -2.40. The minimum absolute atomic E-state index is 0.0794. The van der Waals surface area contributed by atoms with Crippen LogP contribution in [0.1, 0.15) is 35.7 Å². The van der Waals surface area contributed by atoms with Crippen LogP contribution in [-0.2, 0) is 13.0 Å². The van der Waals surface area contributed by atoms with Crippen LogP contribution < -0.4 is 10.2 Å². The Kier molecular flexibility index (Phi) is 6.40. The summed E-state index contributed by atoms with van der Waals surface area (Å²) in [5.41, 5.74) is 6.11. The van der Waals surface area contributed by atoms with Crippen molar-refractivity contribution in [2.45, 2.75) is 40.2 Å². The van der Waals surface area contributed by atoms with Crippen LogP contribution in [0.4, 0.5) is 16.3 Å². The zero-order chi connectivity index (χ0) is 22.7. The number of amides is 2. The van der Waals surface area contributed by atoms with Gasteiger partial charge in [0.1, 0.15) is 5.82 Å². The van der Waals surface area contributed by atoms with E-state index in [9.17, 15) is 4.79 Å². The van der Waals surface area contributed by atoms with Crippen molar-refractivity contribution in [3.05, 3.63) is 70.9 Å². The molecule has 166 valence electrons. The second kappa shape index (κ2) is 9.39. The zero-order valence-corrected chi connectivity index (χ0v) is 19.4. The highest BCUT2D eigenvalue weighted by atomic mass is 16.2. The Bertz CT molecular complexity index is 1090. The van der Waals surface area contributed by atoms with Gasteiger partial charge in [0.15, 0.2) is 5.82 Å². The van der Waals surface area contributed by atoms with Crippen LogP contribution in [0, 0.1) is 13.8 Å². The second-order valence-corrected chi connectivity index (χ2v) is 8.45. The van der Waals surface area contributed by atoms with Gasteiger partial charge in [-0.3, -0.25) is 0 Å². The molecule has 0 saturated carbocycles. The number of anilines is 2. The Morgan fingerprint density at radius 2 is 1.78 bits per heavy atom. The average Bonchev–Trinajstić information content (AvgIpc) is 2.81. The molecule has 1 aromatic heterocycles. The third-order valence-corrected chi connectivity index (χ3v) is 5.99. The molecule has 0 aliphatic carbocycles. The molecule has 0 fully saturated rings. The number of nitrogens with one attached hydrogen (secondary N) is 1. The van der Waals surface area contributed by atoms with Gasteiger partial charge in [-0.1, -0.05) is 55.5 Å². The molecule has 4 rings (SSSR count). The van der Waals surface area contributed by atoms with Crippen LogP contribution in [0.2, 0.25) is 0 Å². The molecule has 2 amide bonds. The highest BCUT2D eigenvalue weighted by Crippen LogP contribution is 2.30. The SMILES string of the molecule is CCCN(C)c1nc(-c2ccccc2)nc2c1CN(C(=O)Nc1c(C)cccc1C)CC2. The van der Waals surface area contributed by atoms with Crippen LogP contribution >= 0.6 is 0 Å². The fourth-order valence-corrected chi connectivity index (χ4v) is 4.24. The van der Waals surface area contributed by atoms with E-state index in [0.717, 1.165) is 58.2 Å². The van der Waals surface area contributed by atoms with Crippen molar-refractivity contribution in [1.82, 2.24) is 14.9 Å². The number of benzene rings is 2. The monoisotopic (exact) mass is 429 g/mol. The number of carbonyl (C=O) groups excluding carboxylic acids is 1. The van der Waals surface area contributed by atoms with E-state index in [1.165, 1.54) is 0 Å². The number of aromatic nitrogens is 2. The van der Waals surface area contributed by atoms with Crippen LogP contribution in [0.3, 0.4) is 0 Å². The second-order valence-electron chi connectivity index (χ2n) is 8.45. The normalized spacial score (nSPS) is 12.9. The number of hydrogen-bond donors (Lipinski definition) is 1. The van der Waals surface area contributed by atoms with Gasteiger partial charge in [-0.05, 0) is 31.4 Å². The standard InChI is InChI=1S/C26H31N5O/c1-5-15-30(4)25-21-17-31(26(32)28-23-18(2)10-9-11-19(23)3)16-14-22(21)27-24(29-25)20-12-7-6-8-13-20/h6-13H,5,14-17H2,1-4H3,(H,28,32). The summed E-state index contributed by atoms with van der Waals surface area (Å²) in [6, 6.07) is 16.1. The third-order valence-electron chi connectivity index (χ3n) is 5.99. The number of nitrogens with zero attached hydrogens (tertiary/aromatic N) is 4. The minimum atomic E-state index is -0.0794. The number of urea groups is 1. The molecule has 32 heavy (non-hydrogen) atoms. The molecule has 1 N–H and O–H groups in total. The summed E-state index contributed by atoms with van der Waals surface area (Å²) < 4.78 is 0. The molecule has 0 radical (unpaired) electrons. The maximum atomic E-state index is 13.1. The highest BCUT2D eigenvalue weighted by molar-refractivity contribution is 5.91. The molecule has 3 aromatic rings. The molecule has 6 nitrogen and oxygen atoms in total. The van der Waals surface area contributed by atoms with E-state index in [-0.39, 0.29) is 6.03 Å². The van der Waals surface area contributed by atoms with Gasteiger partial charge in [-0.25, -0.2) is 14.8 Å². The van der Waals surface area contributed by atoms with E-state index >= 15 is 0 Å². The minimum Gasteiger partial charge on any atom is -0.359 e. The number of carbonyl (C=O) groups is 1. The van der Waals surface area contributed by atoms with Gasteiger partial charge in [-0.15, -0.1) is 0 Å². The lowest BCUT2D eigenvalue weighted by molar-refractivity contribution is 0.206. The van der Waals surface area contributed by atoms with Gasteiger partial charge in [0.2, 0.25) is 0 Å². The Labute approximate surface area is 190 Å². The highest BCUT2D eigenvalue weighted by Gasteiger charge is 2.27. The summed E-state index contributed by atoms with van der Waals surface area (Å²) in [7, 11) is 2.07. The maximum Gasteiger partial charge on any atom is 0.322 e. The van der Waals surface area contributed by atoms with Gasteiger partial charge >= 0.3 is 6.03 Å². The molecule has 0 unspecified atom stereocenters. The quantitative estimate of drug-likeness (QED) is 0.606. The summed E-state index contributed by atoms with van der Waals surface area (Å²) in [6.45, 7) is 8.23. The van der Waals surface area contributed by atoms with Crippen LogP contribution in [-0.4, -0.2) is 41.0 Å². The summed E-state index contributed by atoms with van der Waals surface area (Å²) in [6.07, 6.45) is 1.73. The number of hydrogen-bond acceptors (Lipinski definition) is 4. The largest absolute Gasteiger partial charge is 0.359 e. The number of rotatable bonds is 5. The van der Waals surface area contributed by atoms with Crippen molar-refractivity contribution in [2.24, 2.45) is 0 Å². The van der Waals surface area contributed by atoms with E-state index in [1.54, 1.807) is 0 Å². The van der Waals surface area contributed by atoms with E-state index in [4.69, 9.17) is 9.97 Å². The molecule has 0 saturated heterocycles. The van der Waals surface area contributed by atoms with Gasteiger partial charge in [0.25, 0.3) is 0 Å². The smallest absolute Gasteiger partial charge is 0.322 e. The Morgan fingerprint density at radius 3 is 2.47 bits per heavy atom. The first-order valence-corrected chi connectivity index (χ1v) is 11.3. The summed E-state index contributed by atoms with van der Waals surface area (Å²) >= 11 is 0. The lowest BCUT2D eigenvalue weighted by atomic mass is 10.0. The summed E-state index contributed by atoms with van der Waals surface area (Å²) in [5.74, 6) is 1.66. The van der Waals surface area contributed by atoms with E-state index in [0.29, 0.717) is 19.5 Å². The summed E-state index contributed by atoms with van der Waals surface area (Å²) in [4.78, 5) is 27.0. The van der Waals surface area contributed by atoms with Crippen molar-refractivity contribution in [2.75, 3.05) is 30.4 Å².